The molecule has 0 aliphatic carbocycles. The molecular weight excluding hydrogens is 536 g/mol. The first kappa shape index (κ1) is 34.3. The Bertz CT molecular complexity index is 1170. The molecule has 1 fully saturated rings. The number of hydrogen-bond acceptors (Lipinski definition) is 6. The SMILES string of the molecule is CC.CC/C(=C(/c1ccc(OCCN(CC)CCOC)cc1)c1ccc(OCCN2CCOCC2)cc1)c1ccccc1. The van der Waals surface area contributed by atoms with Gasteiger partial charge in [0, 0.05) is 39.8 Å². The van der Waals surface area contributed by atoms with Crippen LogP contribution < -0.4 is 9.47 Å². The molecule has 0 spiro atoms. The summed E-state index contributed by atoms with van der Waals surface area (Å²) in [6.07, 6.45) is 0.920. The van der Waals surface area contributed by atoms with E-state index >= 15 is 0 Å². The first-order valence-corrected chi connectivity index (χ1v) is 16.0. The molecule has 0 aromatic heterocycles. The Kier molecular flexibility index (Phi) is 15.9. The quantitative estimate of drug-likeness (QED) is 0.166. The van der Waals surface area contributed by atoms with E-state index in [1.165, 1.54) is 27.8 Å². The fourth-order valence-corrected chi connectivity index (χ4v) is 5.17. The van der Waals surface area contributed by atoms with Crippen LogP contribution in [0.1, 0.15) is 50.8 Å². The van der Waals surface area contributed by atoms with Crippen LogP contribution in [0.4, 0.5) is 0 Å². The van der Waals surface area contributed by atoms with Gasteiger partial charge in [0.15, 0.2) is 0 Å². The summed E-state index contributed by atoms with van der Waals surface area (Å²) in [6, 6.07) is 27.8. The highest BCUT2D eigenvalue weighted by Gasteiger charge is 2.14. The van der Waals surface area contributed by atoms with E-state index in [-0.39, 0.29) is 0 Å². The van der Waals surface area contributed by atoms with Gasteiger partial charge in [-0.05, 0) is 65.1 Å². The Morgan fingerprint density at radius 3 is 1.81 bits per heavy atom. The Hall–Kier alpha value is -3.16. The highest BCUT2D eigenvalue weighted by atomic mass is 16.5. The minimum Gasteiger partial charge on any atom is -0.492 e. The fraction of sp³-hybridized carbons (Fsp3) is 0.459. The largest absolute Gasteiger partial charge is 0.492 e. The highest BCUT2D eigenvalue weighted by molar-refractivity contribution is 5.98. The number of rotatable bonds is 16. The van der Waals surface area contributed by atoms with Crippen LogP contribution in [0.25, 0.3) is 11.1 Å². The summed E-state index contributed by atoms with van der Waals surface area (Å²) in [7, 11) is 1.74. The molecule has 3 aromatic rings. The van der Waals surface area contributed by atoms with Gasteiger partial charge >= 0.3 is 0 Å². The van der Waals surface area contributed by atoms with Crippen LogP contribution in [0.15, 0.2) is 78.9 Å². The number of hydrogen-bond donors (Lipinski definition) is 0. The second kappa shape index (κ2) is 19.9. The van der Waals surface area contributed by atoms with Crippen molar-refractivity contribution in [2.45, 2.75) is 34.1 Å². The third-order valence-corrected chi connectivity index (χ3v) is 7.58. The van der Waals surface area contributed by atoms with E-state index in [4.69, 9.17) is 18.9 Å². The summed E-state index contributed by atoms with van der Waals surface area (Å²) in [5, 5.41) is 0. The van der Waals surface area contributed by atoms with Gasteiger partial charge in [0.05, 0.1) is 19.8 Å². The zero-order valence-electron chi connectivity index (χ0n) is 27.0. The van der Waals surface area contributed by atoms with Crippen molar-refractivity contribution in [3.63, 3.8) is 0 Å². The predicted molar refractivity (Wildman–Crippen MR) is 179 cm³/mol. The summed E-state index contributed by atoms with van der Waals surface area (Å²) in [5.41, 5.74) is 6.15. The van der Waals surface area contributed by atoms with Crippen molar-refractivity contribution in [2.24, 2.45) is 0 Å². The van der Waals surface area contributed by atoms with Crippen LogP contribution >= 0.6 is 0 Å². The topological polar surface area (TPSA) is 43.4 Å². The van der Waals surface area contributed by atoms with Gasteiger partial charge in [0.25, 0.3) is 0 Å². The van der Waals surface area contributed by atoms with Crippen molar-refractivity contribution in [2.75, 3.05) is 79.4 Å². The summed E-state index contributed by atoms with van der Waals surface area (Å²) >= 11 is 0. The standard InChI is InChI=1S/C35H46N2O4.C2H6/c1-4-34(29-9-7-6-8-10-29)35(30-11-15-32(16-12-30)40-27-22-36(5-2)19-24-38-3)31-13-17-33(18-14-31)41-28-23-37-20-25-39-26-21-37;1-2/h6-18H,4-5,19-28H2,1-3H3;1-2H3/b35-34+;. The molecule has 0 radical (unpaired) electrons. The van der Waals surface area contributed by atoms with E-state index in [1.54, 1.807) is 7.11 Å². The van der Waals surface area contributed by atoms with E-state index in [9.17, 15) is 0 Å². The van der Waals surface area contributed by atoms with Gasteiger partial charge in [-0.2, -0.15) is 0 Å². The Morgan fingerprint density at radius 2 is 1.28 bits per heavy atom. The van der Waals surface area contributed by atoms with E-state index in [0.29, 0.717) is 13.2 Å². The predicted octanol–water partition coefficient (Wildman–Crippen LogP) is 7.14. The van der Waals surface area contributed by atoms with Crippen LogP contribution in [-0.4, -0.2) is 89.2 Å². The molecule has 0 bridgehead atoms. The fourth-order valence-electron chi connectivity index (χ4n) is 5.17. The first-order chi connectivity index (χ1) is 21.2. The smallest absolute Gasteiger partial charge is 0.119 e. The van der Waals surface area contributed by atoms with E-state index in [0.717, 1.165) is 77.0 Å². The summed E-state index contributed by atoms with van der Waals surface area (Å²) in [6.45, 7) is 17.7. The van der Waals surface area contributed by atoms with Crippen molar-refractivity contribution < 1.29 is 18.9 Å². The van der Waals surface area contributed by atoms with E-state index in [1.807, 2.05) is 13.8 Å². The highest BCUT2D eigenvalue weighted by Crippen LogP contribution is 2.35. The maximum atomic E-state index is 6.10. The van der Waals surface area contributed by atoms with Gasteiger partial charge < -0.3 is 18.9 Å². The summed E-state index contributed by atoms with van der Waals surface area (Å²) in [4.78, 5) is 4.73. The molecule has 0 saturated carbocycles. The molecule has 3 aromatic carbocycles. The van der Waals surface area contributed by atoms with Gasteiger partial charge in [0.2, 0.25) is 0 Å². The first-order valence-electron chi connectivity index (χ1n) is 16.0. The Morgan fingerprint density at radius 1 is 0.721 bits per heavy atom. The number of likely N-dealkylation sites (N-methyl/N-ethyl adjacent to an activating group) is 1. The zero-order valence-corrected chi connectivity index (χ0v) is 27.0. The molecule has 1 heterocycles. The lowest BCUT2D eigenvalue weighted by Gasteiger charge is -2.26. The lowest BCUT2D eigenvalue weighted by atomic mass is 9.88. The van der Waals surface area contributed by atoms with Crippen LogP contribution in [0.5, 0.6) is 11.5 Å². The van der Waals surface area contributed by atoms with Crippen molar-refractivity contribution in [3.8, 4) is 11.5 Å². The van der Waals surface area contributed by atoms with Crippen LogP contribution in [0, 0.1) is 0 Å². The normalized spacial score (nSPS) is 14.1. The van der Waals surface area contributed by atoms with E-state index in [2.05, 4.69) is 103 Å². The Balaban J connectivity index is 0.00000248. The third-order valence-electron chi connectivity index (χ3n) is 7.58. The zero-order chi connectivity index (χ0) is 30.7. The maximum Gasteiger partial charge on any atom is 0.119 e. The minimum atomic E-state index is 0.650. The van der Waals surface area contributed by atoms with Crippen molar-refractivity contribution in [3.05, 3.63) is 95.6 Å². The second-order valence-corrected chi connectivity index (χ2v) is 10.2. The van der Waals surface area contributed by atoms with Crippen LogP contribution in [0.2, 0.25) is 0 Å². The van der Waals surface area contributed by atoms with Crippen molar-refractivity contribution in [1.82, 2.24) is 9.80 Å². The van der Waals surface area contributed by atoms with Gasteiger partial charge in [-0.25, -0.2) is 0 Å². The lowest BCUT2D eigenvalue weighted by molar-refractivity contribution is 0.0322. The van der Waals surface area contributed by atoms with Crippen molar-refractivity contribution >= 4 is 11.1 Å². The molecular formula is C37H52N2O4. The van der Waals surface area contributed by atoms with Crippen molar-refractivity contribution in [1.29, 1.82) is 0 Å². The van der Waals surface area contributed by atoms with Gasteiger partial charge in [-0.15, -0.1) is 0 Å². The molecule has 0 amide bonds. The molecule has 0 atom stereocenters. The number of ether oxygens (including phenoxy) is 4. The molecule has 6 heteroatoms. The molecule has 1 aliphatic heterocycles. The summed E-state index contributed by atoms with van der Waals surface area (Å²) < 4.78 is 22.9. The average Bonchev–Trinajstić information content (AvgIpc) is 3.08. The molecule has 4 rings (SSSR count). The molecule has 1 saturated heterocycles. The molecule has 43 heavy (non-hydrogen) atoms. The number of methoxy groups -OCH3 is 1. The molecule has 1 aliphatic rings. The average molecular weight is 589 g/mol. The number of morpholine rings is 1. The Labute approximate surface area is 260 Å². The van der Waals surface area contributed by atoms with Crippen LogP contribution in [0.3, 0.4) is 0 Å². The molecule has 234 valence electrons. The minimum absolute atomic E-state index is 0.650. The second-order valence-electron chi connectivity index (χ2n) is 10.2. The van der Waals surface area contributed by atoms with Gasteiger partial charge in [-0.1, -0.05) is 82.3 Å². The number of benzene rings is 3. The van der Waals surface area contributed by atoms with Gasteiger partial charge in [0.1, 0.15) is 24.7 Å². The molecule has 6 nitrogen and oxygen atoms in total. The summed E-state index contributed by atoms with van der Waals surface area (Å²) in [5.74, 6) is 1.78. The molecule has 0 N–H and O–H groups in total. The number of allylic oxidation sites excluding steroid dienone is 1. The van der Waals surface area contributed by atoms with Gasteiger partial charge in [-0.3, -0.25) is 9.80 Å². The van der Waals surface area contributed by atoms with Crippen LogP contribution in [-0.2, 0) is 9.47 Å². The molecule has 0 unspecified atom stereocenters. The third kappa shape index (κ3) is 11.1. The lowest BCUT2D eigenvalue weighted by Crippen LogP contribution is -2.38. The maximum absolute atomic E-state index is 6.10. The monoisotopic (exact) mass is 588 g/mol. The van der Waals surface area contributed by atoms with E-state index < -0.39 is 0 Å². The number of nitrogens with zero attached hydrogens (tertiary/aromatic N) is 2.